The number of amides is 2. The number of hydroxylamine groups is 2. The fourth-order valence-corrected chi connectivity index (χ4v) is 4.92. The van der Waals surface area contributed by atoms with Gasteiger partial charge in [-0.05, 0) is 59.7 Å². The first-order chi connectivity index (χ1) is 24.7. The van der Waals surface area contributed by atoms with Crippen molar-refractivity contribution in [1.29, 1.82) is 0 Å². The van der Waals surface area contributed by atoms with Crippen LogP contribution in [-0.2, 0) is 13.1 Å². The first-order valence-corrected chi connectivity index (χ1v) is 15.0. The quantitative estimate of drug-likeness (QED) is 0.0604. The standard InChI is InChI=1S/2C18H14N2O6/c21-13-6-1-9(7-14(13)22)8-19-17(24)12-5-3-10-2-4-11(18(25)26)16(23)15(10)20-12;21-12-3-1-2-10(8-12)9-20(26)17(23)14-7-5-11-4-6-13(18(24)25)16(22)15(11)19-14/h1-7,21-23H,8H2,(H,19,24)(H,25,26);1-8,21-22,26H,9H2,(H,24,25). The van der Waals surface area contributed by atoms with Gasteiger partial charge in [-0.25, -0.2) is 24.6 Å². The van der Waals surface area contributed by atoms with Crippen LogP contribution in [0.2, 0.25) is 0 Å². The van der Waals surface area contributed by atoms with Crippen LogP contribution in [0.4, 0.5) is 0 Å². The highest BCUT2D eigenvalue weighted by molar-refractivity contribution is 6.02. The van der Waals surface area contributed by atoms with E-state index in [-0.39, 0.29) is 63.9 Å². The van der Waals surface area contributed by atoms with Crippen molar-refractivity contribution in [2.45, 2.75) is 13.1 Å². The number of phenols is 5. The summed E-state index contributed by atoms with van der Waals surface area (Å²) >= 11 is 0. The molecule has 6 aromatic rings. The zero-order chi connectivity index (χ0) is 37.7. The normalized spacial score (nSPS) is 10.6. The van der Waals surface area contributed by atoms with E-state index in [1.807, 2.05) is 0 Å². The van der Waals surface area contributed by atoms with Crippen molar-refractivity contribution in [2.75, 3.05) is 0 Å². The van der Waals surface area contributed by atoms with Gasteiger partial charge in [-0.3, -0.25) is 14.8 Å². The fraction of sp³-hybridized carbons (Fsp3) is 0.0556. The highest BCUT2D eigenvalue weighted by Gasteiger charge is 2.20. The highest BCUT2D eigenvalue weighted by Crippen LogP contribution is 2.29. The Balaban J connectivity index is 0.000000201. The molecule has 16 nitrogen and oxygen atoms in total. The van der Waals surface area contributed by atoms with Crippen molar-refractivity contribution < 1.29 is 60.1 Å². The monoisotopic (exact) mass is 708 g/mol. The number of phenolic OH excluding ortho intramolecular Hbond substituents is 3. The second-order valence-electron chi connectivity index (χ2n) is 11.1. The number of carboxylic acid groups (broad SMARTS) is 2. The van der Waals surface area contributed by atoms with E-state index in [0.717, 1.165) is 0 Å². The molecule has 16 heteroatoms. The molecular weight excluding hydrogens is 680 g/mol. The Morgan fingerprint density at radius 2 is 1.17 bits per heavy atom. The lowest BCUT2D eigenvalue weighted by Gasteiger charge is -2.15. The molecule has 0 aliphatic rings. The minimum atomic E-state index is -1.32. The molecule has 4 aromatic carbocycles. The van der Waals surface area contributed by atoms with E-state index in [4.69, 9.17) is 10.2 Å². The van der Waals surface area contributed by atoms with Gasteiger partial charge in [0.05, 0.1) is 6.54 Å². The predicted molar refractivity (Wildman–Crippen MR) is 181 cm³/mol. The minimum Gasteiger partial charge on any atom is -0.508 e. The Hall–Kier alpha value is -7.46. The molecule has 2 aromatic heterocycles. The molecule has 0 saturated heterocycles. The number of aromatic hydroxyl groups is 5. The molecule has 9 N–H and O–H groups in total. The van der Waals surface area contributed by atoms with Crippen molar-refractivity contribution in [3.63, 3.8) is 0 Å². The third-order valence-electron chi connectivity index (χ3n) is 7.55. The van der Waals surface area contributed by atoms with E-state index in [2.05, 4.69) is 15.3 Å². The van der Waals surface area contributed by atoms with Gasteiger partial charge in [0.25, 0.3) is 11.8 Å². The second-order valence-corrected chi connectivity index (χ2v) is 11.1. The highest BCUT2D eigenvalue weighted by atomic mass is 16.5. The van der Waals surface area contributed by atoms with Gasteiger partial charge < -0.3 is 41.1 Å². The number of aromatic carboxylic acids is 2. The van der Waals surface area contributed by atoms with Crippen LogP contribution in [-0.4, -0.2) is 79.7 Å². The van der Waals surface area contributed by atoms with E-state index in [1.54, 1.807) is 18.2 Å². The van der Waals surface area contributed by atoms with E-state index in [9.17, 15) is 49.9 Å². The Labute approximate surface area is 292 Å². The molecule has 0 fully saturated rings. The average Bonchev–Trinajstić information content (AvgIpc) is 3.11. The molecule has 0 spiro atoms. The summed E-state index contributed by atoms with van der Waals surface area (Å²) in [4.78, 5) is 54.8. The Bertz CT molecular complexity index is 2380. The lowest BCUT2D eigenvalue weighted by Crippen LogP contribution is -2.27. The van der Waals surface area contributed by atoms with Gasteiger partial charge >= 0.3 is 11.9 Å². The summed E-state index contributed by atoms with van der Waals surface area (Å²) in [5.41, 5.74) is 0.207. The Kier molecular flexibility index (Phi) is 10.3. The van der Waals surface area contributed by atoms with Crippen LogP contribution in [0, 0.1) is 0 Å². The fourth-order valence-electron chi connectivity index (χ4n) is 4.92. The maximum atomic E-state index is 12.4. The number of nitrogens with one attached hydrogen (secondary N) is 1. The van der Waals surface area contributed by atoms with Crippen LogP contribution >= 0.6 is 0 Å². The Morgan fingerprint density at radius 3 is 1.73 bits per heavy atom. The number of carbonyl (C=O) groups is 4. The van der Waals surface area contributed by atoms with Crippen molar-refractivity contribution in [3.8, 4) is 28.7 Å². The average molecular weight is 709 g/mol. The summed E-state index contributed by atoms with van der Waals surface area (Å²) in [5.74, 6) is -5.63. The summed E-state index contributed by atoms with van der Waals surface area (Å²) in [6.45, 7) is -0.109. The summed E-state index contributed by atoms with van der Waals surface area (Å²) in [6, 6.07) is 21.5. The van der Waals surface area contributed by atoms with Gasteiger partial charge in [-0.2, -0.15) is 0 Å². The van der Waals surface area contributed by atoms with Crippen molar-refractivity contribution in [3.05, 3.63) is 125 Å². The van der Waals surface area contributed by atoms with Gasteiger partial charge in [0, 0.05) is 17.3 Å². The molecule has 0 atom stereocenters. The van der Waals surface area contributed by atoms with Gasteiger partial charge in [-0.1, -0.05) is 42.5 Å². The molecule has 52 heavy (non-hydrogen) atoms. The zero-order valence-electron chi connectivity index (χ0n) is 26.6. The summed E-state index contributed by atoms with van der Waals surface area (Å²) in [5, 5.41) is 80.3. The van der Waals surface area contributed by atoms with Crippen molar-refractivity contribution in [1.82, 2.24) is 20.3 Å². The maximum Gasteiger partial charge on any atom is 0.339 e. The van der Waals surface area contributed by atoms with E-state index >= 15 is 0 Å². The maximum absolute atomic E-state index is 12.4. The minimum absolute atomic E-state index is 0.00154. The lowest BCUT2D eigenvalue weighted by atomic mass is 10.1. The van der Waals surface area contributed by atoms with Crippen LogP contribution in [0.1, 0.15) is 52.8 Å². The predicted octanol–water partition coefficient (Wildman–Crippen LogP) is 4.36. The molecular formula is C36H28N4O12. The number of rotatable bonds is 8. The van der Waals surface area contributed by atoms with Crippen LogP contribution in [0.3, 0.4) is 0 Å². The third kappa shape index (κ3) is 7.88. The molecule has 0 aliphatic carbocycles. The summed E-state index contributed by atoms with van der Waals surface area (Å²) in [6.07, 6.45) is 0. The smallest absolute Gasteiger partial charge is 0.339 e. The summed E-state index contributed by atoms with van der Waals surface area (Å²) in [7, 11) is 0. The van der Waals surface area contributed by atoms with Crippen LogP contribution < -0.4 is 5.32 Å². The van der Waals surface area contributed by atoms with Crippen molar-refractivity contribution in [2.24, 2.45) is 0 Å². The van der Waals surface area contributed by atoms with Crippen LogP contribution in [0.15, 0.2) is 91.0 Å². The molecule has 0 bridgehead atoms. The SMILES string of the molecule is O=C(NCc1ccc(O)c(O)c1)c1ccc2ccc(C(=O)O)c(O)c2n1.O=C(O)c1ccc2ccc(C(=O)N(O)Cc3cccc(O)c3)nc2c1O. The number of fused-ring (bicyclic) bond motifs is 2. The largest absolute Gasteiger partial charge is 0.508 e. The van der Waals surface area contributed by atoms with Gasteiger partial charge in [0.1, 0.15) is 39.3 Å². The van der Waals surface area contributed by atoms with Crippen LogP contribution in [0.5, 0.6) is 28.7 Å². The van der Waals surface area contributed by atoms with Crippen LogP contribution in [0.25, 0.3) is 21.8 Å². The van der Waals surface area contributed by atoms with Gasteiger partial charge in [-0.15, -0.1) is 0 Å². The Morgan fingerprint density at radius 1 is 0.615 bits per heavy atom. The van der Waals surface area contributed by atoms with E-state index in [0.29, 0.717) is 27.0 Å². The second kappa shape index (κ2) is 15.0. The first-order valence-electron chi connectivity index (χ1n) is 15.0. The number of hydrogen-bond donors (Lipinski definition) is 9. The van der Waals surface area contributed by atoms with Gasteiger partial charge in [0.2, 0.25) is 0 Å². The number of hydrogen-bond acceptors (Lipinski definition) is 12. The zero-order valence-corrected chi connectivity index (χ0v) is 26.6. The number of nitrogens with zero attached hydrogens (tertiary/aromatic N) is 3. The number of carbonyl (C=O) groups excluding carboxylic acids is 2. The summed E-state index contributed by atoms with van der Waals surface area (Å²) < 4.78 is 0. The molecule has 0 aliphatic heterocycles. The number of aromatic nitrogens is 2. The number of benzene rings is 4. The number of carboxylic acids is 2. The molecule has 0 unspecified atom stereocenters. The van der Waals surface area contributed by atoms with Crippen molar-refractivity contribution >= 4 is 45.6 Å². The van der Waals surface area contributed by atoms with Gasteiger partial charge in [0.15, 0.2) is 23.0 Å². The first kappa shape index (κ1) is 35.8. The number of pyridine rings is 2. The molecule has 0 saturated carbocycles. The molecule has 264 valence electrons. The molecule has 2 heterocycles. The van der Waals surface area contributed by atoms with E-state index < -0.39 is 35.3 Å². The lowest BCUT2D eigenvalue weighted by molar-refractivity contribution is -0.0652. The molecule has 2 amide bonds. The topological polar surface area (TPSA) is 271 Å². The molecule has 6 rings (SSSR count). The van der Waals surface area contributed by atoms with E-state index in [1.165, 1.54) is 72.8 Å². The third-order valence-corrected chi connectivity index (χ3v) is 7.55. The molecule has 0 radical (unpaired) electrons.